The summed E-state index contributed by atoms with van der Waals surface area (Å²) in [5, 5.41) is 6.29. The topological polar surface area (TPSA) is 67.4 Å². The minimum Gasteiger partial charge on any atom is -0.384 e. The van der Waals surface area contributed by atoms with Crippen LogP contribution in [0.4, 0.5) is 0 Å². The molecule has 1 heterocycles. The minimum atomic E-state index is -0.0241. The molecule has 2 fully saturated rings. The van der Waals surface area contributed by atoms with Gasteiger partial charge in [-0.3, -0.25) is 9.59 Å². The Balaban J connectivity index is 1.64. The van der Waals surface area contributed by atoms with Crippen LogP contribution in [0.25, 0.3) is 0 Å². The molecule has 2 N–H and O–H groups in total. The summed E-state index contributed by atoms with van der Waals surface area (Å²) < 4.78 is 5.30. The van der Waals surface area contributed by atoms with Crippen LogP contribution < -0.4 is 10.6 Å². The second kappa shape index (κ2) is 8.23. The molecule has 4 atom stereocenters. The van der Waals surface area contributed by atoms with Crippen LogP contribution in [0.15, 0.2) is 29.2 Å². The van der Waals surface area contributed by atoms with Crippen molar-refractivity contribution in [3.63, 3.8) is 0 Å². The van der Waals surface area contributed by atoms with E-state index in [2.05, 4.69) is 10.6 Å². The number of hydrogen-bond donors (Lipinski definition) is 2. The smallest absolute Gasteiger partial charge is 0.252 e. The molecule has 0 radical (unpaired) electrons. The van der Waals surface area contributed by atoms with E-state index in [9.17, 15) is 9.59 Å². The summed E-state index contributed by atoms with van der Waals surface area (Å²) in [6.45, 7) is 0.632. The lowest BCUT2D eigenvalue weighted by Crippen LogP contribution is -2.56. The standard InChI is InChI=1S/C19H26N2O3S/c1-24-11-12-9-18(22)21-16-10-13(7-8-14(12)16)20-19(23)15-5-3-4-6-17(15)25-2/h3-6,12-14,16H,7-11H2,1-2H3,(H,20,23)(H,21,22). The molecular weight excluding hydrogens is 336 g/mol. The highest BCUT2D eigenvalue weighted by Gasteiger charge is 2.40. The van der Waals surface area contributed by atoms with Gasteiger partial charge in [-0.25, -0.2) is 0 Å². The Hall–Kier alpha value is -1.53. The lowest BCUT2D eigenvalue weighted by molar-refractivity contribution is -0.128. The quantitative estimate of drug-likeness (QED) is 0.790. The molecule has 25 heavy (non-hydrogen) atoms. The fraction of sp³-hybridized carbons (Fsp3) is 0.579. The predicted octanol–water partition coefficient (Wildman–Crippen LogP) is 2.46. The van der Waals surface area contributed by atoms with Crippen molar-refractivity contribution in [2.24, 2.45) is 11.8 Å². The van der Waals surface area contributed by atoms with E-state index in [4.69, 9.17) is 4.74 Å². The second-order valence-electron chi connectivity index (χ2n) is 6.94. The first kappa shape index (κ1) is 18.3. The number of ether oxygens (including phenoxy) is 1. The number of fused-ring (bicyclic) bond motifs is 1. The molecule has 3 rings (SSSR count). The van der Waals surface area contributed by atoms with Gasteiger partial charge < -0.3 is 15.4 Å². The zero-order valence-electron chi connectivity index (χ0n) is 14.8. The Morgan fingerprint density at radius 1 is 1.36 bits per heavy atom. The van der Waals surface area contributed by atoms with Crippen molar-refractivity contribution in [3.8, 4) is 0 Å². The average molecular weight is 362 g/mol. The van der Waals surface area contributed by atoms with Gasteiger partial charge in [0, 0.05) is 37.1 Å². The first-order chi connectivity index (χ1) is 12.1. The molecular formula is C19H26N2O3S. The van der Waals surface area contributed by atoms with Gasteiger partial charge in [0.25, 0.3) is 5.91 Å². The lowest BCUT2D eigenvalue weighted by Gasteiger charge is -2.43. The minimum absolute atomic E-state index is 0.0241. The molecule has 1 saturated heterocycles. The molecule has 5 nitrogen and oxygen atoms in total. The van der Waals surface area contributed by atoms with Crippen LogP contribution >= 0.6 is 11.8 Å². The molecule has 1 aromatic rings. The number of amides is 2. The van der Waals surface area contributed by atoms with E-state index in [1.54, 1.807) is 18.9 Å². The molecule has 0 aromatic heterocycles. The van der Waals surface area contributed by atoms with Gasteiger partial charge in [-0.2, -0.15) is 0 Å². The summed E-state index contributed by atoms with van der Waals surface area (Å²) in [6.07, 6.45) is 5.28. The maximum atomic E-state index is 12.7. The van der Waals surface area contributed by atoms with Crippen LogP contribution in [0.2, 0.25) is 0 Å². The van der Waals surface area contributed by atoms with Gasteiger partial charge >= 0.3 is 0 Å². The van der Waals surface area contributed by atoms with Gasteiger partial charge in [0.2, 0.25) is 5.91 Å². The second-order valence-corrected chi connectivity index (χ2v) is 7.79. The molecule has 136 valence electrons. The predicted molar refractivity (Wildman–Crippen MR) is 98.7 cm³/mol. The number of benzene rings is 1. The van der Waals surface area contributed by atoms with E-state index < -0.39 is 0 Å². The highest BCUT2D eigenvalue weighted by molar-refractivity contribution is 7.98. The van der Waals surface area contributed by atoms with Crippen molar-refractivity contribution in [2.75, 3.05) is 20.0 Å². The fourth-order valence-electron chi connectivity index (χ4n) is 4.20. The SMILES string of the molecule is COCC1CC(=O)NC2CC(NC(=O)c3ccccc3SC)CCC12. The number of nitrogens with one attached hydrogen (secondary N) is 2. The van der Waals surface area contributed by atoms with E-state index in [1.807, 2.05) is 30.5 Å². The van der Waals surface area contributed by atoms with Crippen molar-refractivity contribution >= 4 is 23.6 Å². The summed E-state index contributed by atoms with van der Waals surface area (Å²) in [5.74, 6) is 0.814. The first-order valence-electron chi connectivity index (χ1n) is 8.84. The summed E-state index contributed by atoms with van der Waals surface area (Å²) in [6, 6.07) is 7.90. The maximum Gasteiger partial charge on any atom is 0.252 e. The van der Waals surface area contributed by atoms with Crippen molar-refractivity contribution in [3.05, 3.63) is 29.8 Å². The molecule has 0 bridgehead atoms. The fourth-order valence-corrected chi connectivity index (χ4v) is 4.80. The average Bonchev–Trinajstić information content (AvgIpc) is 2.61. The number of methoxy groups -OCH3 is 1. The van der Waals surface area contributed by atoms with E-state index in [-0.39, 0.29) is 29.8 Å². The van der Waals surface area contributed by atoms with E-state index >= 15 is 0 Å². The summed E-state index contributed by atoms with van der Waals surface area (Å²) in [5.41, 5.74) is 0.724. The Morgan fingerprint density at radius 3 is 2.92 bits per heavy atom. The molecule has 2 amide bonds. The largest absolute Gasteiger partial charge is 0.384 e. The number of carbonyl (C=O) groups is 2. The maximum absolute atomic E-state index is 12.7. The molecule has 1 aromatic carbocycles. The molecule has 6 heteroatoms. The summed E-state index contributed by atoms with van der Waals surface area (Å²) >= 11 is 1.58. The molecule has 1 saturated carbocycles. The van der Waals surface area contributed by atoms with Crippen LogP contribution in [0, 0.1) is 11.8 Å². The van der Waals surface area contributed by atoms with Crippen LogP contribution in [-0.4, -0.2) is 43.9 Å². The molecule has 0 spiro atoms. The molecule has 2 aliphatic rings. The van der Waals surface area contributed by atoms with Crippen molar-refractivity contribution in [1.82, 2.24) is 10.6 Å². The van der Waals surface area contributed by atoms with Crippen molar-refractivity contribution in [1.29, 1.82) is 0 Å². The normalized spacial score (nSPS) is 28.8. The number of carbonyl (C=O) groups excluding carboxylic acids is 2. The molecule has 1 aliphatic carbocycles. The lowest BCUT2D eigenvalue weighted by atomic mass is 9.71. The Labute approximate surface area is 153 Å². The monoisotopic (exact) mass is 362 g/mol. The highest BCUT2D eigenvalue weighted by atomic mass is 32.2. The Kier molecular flexibility index (Phi) is 6.02. The third-order valence-electron chi connectivity index (χ3n) is 5.37. The zero-order valence-corrected chi connectivity index (χ0v) is 15.6. The number of rotatable bonds is 5. The van der Waals surface area contributed by atoms with Gasteiger partial charge in [0.15, 0.2) is 0 Å². The van der Waals surface area contributed by atoms with E-state index in [1.165, 1.54) is 0 Å². The Morgan fingerprint density at radius 2 is 2.16 bits per heavy atom. The number of hydrogen-bond acceptors (Lipinski definition) is 4. The van der Waals surface area contributed by atoms with Crippen LogP contribution in [0.1, 0.15) is 36.0 Å². The van der Waals surface area contributed by atoms with Gasteiger partial charge in [0.05, 0.1) is 5.56 Å². The number of thioether (sulfide) groups is 1. The summed E-state index contributed by atoms with van der Waals surface area (Å²) in [4.78, 5) is 25.6. The van der Waals surface area contributed by atoms with E-state index in [0.29, 0.717) is 18.9 Å². The van der Waals surface area contributed by atoms with Crippen molar-refractivity contribution < 1.29 is 14.3 Å². The number of piperidine rings is 1. The van der Waals surface area contributed by atoms with Gasteiger partial charge in [-0.1, -0.05) is 12.1 Å². The third-order valence-corrected chi connectivity index (χ3v) is 6.17. The van der Waals surface area contributed by atoms with Gasteiger partial charge in [-0.05, 0) is 49.5 Å². The van der Waals surface area contributed by atoms with Crippen LogP contribution in [0.3, 0.4) is 0 Å². The van der Waals surface area contributed by atoms with Crippen LogP contribution in [-0.2, 0) is 9.53 Å². The first-order valence-corrected chi connectivity index (χ1v) is 10.1. The van der Waals surface area contributed by atoms with Gasteiger partial charge in [-0.15, -0.1) is 11.8 Å². The molecule has 1 aliphatic heterocycles. The third kappa shape index (κ3) is 4.18. The van der Waals surface area contributed by atoms with Crippen LogP contribution in [0.5, 0.6) is 0 Å². The van der Waals surface area contributed by atoms with Crippen molar-refractivity contribution in [2.45, 2.75) is 42.7 Å². The summed E-state index contributed by atoms with van der Waals surface area (Å²) in [7, 11) is 1.69. The molecule has 4 unspecified atom stereocenters. The zero-order chi connectivity index (χ0) is 17.8. The highest BCUT2D eigenvalue weighted by Crippen LogP contribution is 2.35. The van der Waals surface area contributed by atoms with Gasteiger partial charge in [0.1, 0.15) is 0 Å². The van der Waals surface area contributed by atoms with E-state index in [0.717, 1.165) is 29.7 Å². The Bertz CT molecular complexity index is 637.